The van der Waals surface area contributed by atoms with Gasteiger partial charge in [-0.1, -0.05) is 6.07 Å². The van der Waals surface area contributed by atoms with Crippen molar-refractivity contribution in [1.82, 2.24) is 20.4 Å². The summed E-state index contributed by atoms with van der Waals surface area (Å²) in [6, 6.07) is 4.60. The van der Waals surface area contributed by atoms with E-state index in [-0.39, 0.29) is 31.8 Å². The van der Waals surface area contributed by atoms with Crippen LogP contribution >= 0.6 is 0 Å². The molecule has 2 bridgehead atoms. The molecular formula is C19H24N4O7. The van der Waals surface area contributed by atoms with Crippen molar-refractivity contribution in [3.8, 4) is 5.75 Å². The fourth-order valence-corrected chi connectivity index (χ4v) is 2.63. The van der Waals surface area contributed by atoms with Crippen molar-refractivity contribution >= 4 is 29.6 Å². The Kier molecular flexibility index (Phi) is 7.73. The predicted molar refractivity (Wildman–Crippen MR) is 104 cm³/mol. The van der Waals surface area contributed by atoms with Crippen LogP contribution in [0.5, 0.6) is 5.75 Å². The third kappa shape index (κ3) is 6.47. The number of benzene rings is 1. The maximum atomic E-state index is 12.4. The summed E-state index contributed by atoms with van der Waals surface area (Å²) in [6.45, 7) is -0.238. The molecule has 0 radical (unpaired) electrons. The van der Waals surface area contributed by atoms with Crippen LogP contribution in [0.2, 0.25) is 0 Å². The molecule has 0 unspecified atom stereocenters. The van der Waals surface area contributed by atoms with E-state index in [2.05, 4.69) is 10.6 Å². The molecule has 1 aromatic carbocycles. The van der Waals surface area contributed by atoms with E-state index in [4.69, 9.17) is 4.74 Å². The number of hydrogen-bond donors (Lipinski definition) is 3. The first-order chi connectivity index (χ1) is 14.2. The first kappa shape index (κ1) is 22.7. The Morgan fingerprint density at radius 2 is 1.80 bits per heavy atom. The molecule has 1 aromatic rings. The average molecular weight is 420 g/mol. The van der Waals surface area contributed by atoms with E-state index in [1.165, 1.54) is 26.2 Å². The summed E-state index contributed by atoms with van der Waals surface area (Å²) in [5, 5.41) is 14.3. The van der Waals surface area contributed by atoms with Crippen LogP contribution in [0.1, 0.15) is 16.8 Å². The minimum Gasteiger partial charge on any atom is -0.492 e. The minimum atomic E-state index is -1.48. The summed E-state index contributed by atoms with van der Waals surface area (Å²) < 4.78 is 5.49. The van der Waals surface area contributed by atoms with Gasteiger partial charge >= 0.3 is 5.97 Å². The Labute approximate surface area is 173 Å². The van der Waals surface area contributed by atoms with Crippen molar-refractivity contribution in [3.63, 3.8) is 0 Å². The normalized spacial score (nSPS) is 19.9. The summed E-state index contributed by atoms with van der Waals surface area (Å²) in [7, 11) is 2.76. The minimum absolute atomic E-state index is 0.128. The number of likely N-dealkylation sites (N-methyl/N-ethyl adjacent to an activating group) is 2. The van der Waals surface area contributed by atoms with Gasteiger partial charge in [-0.3, -0.25) is 19.2 Å². The highest BCUT2D eigenvalue weighted by atomic mass is 16.5. The molecule has 3 N–H and O–H groups in total. The van der Waals surface area contributed by atoms with Crippen molar-refractivity contribution in [2.24, 2.45) is 0 Å². The van der Waals surface area contributed by atoms with Gasteiger partial charge in [-0.2, -0.15) is 0 Å². The van der Waals surface area contributed by atoms with Crippen LogP contribution in [0, 0.1) is 0 Å². The Bertz CT molecular complexity index is 842. The molecule has 0 fully saturated rings. The van der Waals surface area contributed by atoms with Crippen LogP contribution in [0.25, 0.3) is 0 Å². The molecule has 0 saturated heterocycles. The number of ether oxygens (including phenoxy) is 1. The zero-order valence-corrected chi connectivity index (χ0v) is 16.7. The SMILES string of the molecule is CN1CC(=O)NCCOc2cccc(c2)C(=O)N[C@H](C(=O)O)CC(=O)N(C)CC1=O. The fourth-order valence-electron chi connectivity index (χ4n) is 2.63. The highest BCUT2D eigenvalue weighted by molar-refractivity contribution is 5.98. The van der Waals surface area contributed by atoms with Gasteiger partial charge in [-0.15, -0.1) is 0 Å². The lowest BCUT2D eigenvalue weighted by molar-refractivity contribution is -0.144. The molecule has 0 aromatic heterocycles. The van der Waals surface area contributed by atoms with E-state index in [9.17, 15) is 29.1 Å². The summed E-state index contributed by atoms with van der Waals surface area (Å²) in [4.78, 5) is 62.7. The molecule has 1 heterocycles. The molecule has 0 spiro atoms. The number of carboxylic acid groups (broad SMARTS) is 1. The van der Waals surface area contributed by atoms with Crippen LogP contribution < -0.4 is 15.4 Å². The third-order valence-electron chi connectivity index (χ3n) is 4.38. The van der Waals surface area contributed by atoms with Crippen LogP contribution in [-0.4, -0.2) is 90.9 Å². The summed E-state index contributed by atoms with van der Waals surface area (Å²) in [6.07, 6.45) is -0.536. The molecule has 1 aliphatic heterocycles. The smallest absolute Gasteiger partial charge is 0.326 e. The average Bonchev–Trinajstić information content (AvgIpc) is 2.69. The van der Waals surface area contributed by atoms with Gasteiger partial charge in [0.2, 0.25) is 17.7 Å². The lowest BCUT2D eigenvalue weighted by Gasteiger charge is -2.23. The standard InChI is InChI=1S/C19H24N4O7/c1-22-10-15(24)20-6-7-30-13-5-3-4-12(8-13)18(27)21-14(19(28)29)9-16(25)23(2)11-17(22)26/h3-5,8,14H,6-7,9-11H2,1-2H3,(H,20,24)(H,21,27)(H,28,29)/t14-/m0/s1. The molecular weight excluding hydrogens is 396 g/mol. The summed E-state index contributed by atoms with van der Waals surface area (Å²) in [5.74, 6) is -3.26. The summed E-state index contributed by atoms with van der Waals surface area (Å²) >= 11 is 0. The molecule has 11 heteroatoms. The van der Waals surface area contributed by atoms with Crippen LogP contribution in [0.15, 0.2) is 24.3 Å². The molecule has 2 rings (SSSR count). The zero-order valence-electron chi connectivity index (χ0n) is 16.7. The molecule has 1 atom stereocenters. The van der Waals surface area contributed by atoms with Crippen molar-refractivity contribution < 1.29 is 33.8 Å². The van der Waals surface area contributed by atoms with E-state index in [0.717, 1.165) is 9.80 Å². The third-order valence-corrected chi connectivity index (χ3v) is 4.38. The molecule has 30 heavy (non-hydrogen) atoms. The molecule has 1 aliphatic rings. The maximum Gasteiger partial charge on any atom is 0.326 e. The van der Waals surface area contributed by atoms with E-state index in [1.807, 2.05) is 0 Å². The van der Waals surface area contributed by atoms with Crippen molar-refractivity contribution in [2.75, 3.05) is 40.3 Å². The highest BCUT2D eigenvalue weighted by Gasteiger charge is 2.27. The molecule has 0 aliphatic carbocycles. The number of aliphatic carboxylic acids is 1. The van der Waals surface area contributed by atoms with Gasteiger partial charge in [-0.25, -0.2) is 4.79 Å². The number of nitrogens with one attached hydrogen (secondary N) is 2. The van der Waals surface area contributed by atoms with Gasteiger partial charge in [0, 0.05) is 19.7 Å². The predicted octanol–water partition coefficient (Wildman–Crippen LogP) is -1.31. The van der Waals surface area contributed by atoms with E-state index in [1.54, 1.807) is 12.1 Å². The topological polar surface area (TPSA) is 145 Å². The Morgan fingerprint density at radius 3 is 2.50 bits per heavy atom. The Balaban J connectivity index is 2.24. The highest BCUT2D eigenvalue weighted by Crippen LogP contribution is 2.14. The first-order valence-corrected chi connectivity index (χ1v) is 9.18. The van der Waals surface area contributed by atoms with Gasteiger partial charge in [-0.05, 0) is 18.2 Å². The van der Waals surface area contributed by atoms with Crippen molar-refractivity contribution in [1.29, 1.82) is 0 Å². The number of amides is 4. The second-order valence-electron chi connectivity index (χ2n) is 6.79. The molecule has 0 saturated carbocycles. The number of carbonyl (C=O) groups excluding carboxylic acids is 4. The van der Waals surface area contributed by atoms with Crippen molar-refractivity contribution in [2.45, 2.75) is 12.5 Å². The van der Waals surface area contributed by atoms with Gasteiger partial charge in [0.1, 0.15) is 18.4 Å². The largest absolute Gasteiger partial charge is 0.492 e. The van der Waals surface area contributed by atoms with Gasteiger partial charge in [0.25, 0.3) is 5.91 Å². The molecule has 4 amide bonds. The van der Waals surface area contributed by atoms with E-state index < -0.39 is 42.1 Å². The second kappa shape index (κ2) is 10.2. The van der Waals surface area contributed by atoms with Gasteiger partial charge in [0.05, 0.1) is 26.1 Å². The van der Waals surface area contributed by atoms with E-state index >= 15 is 0 Å². The fraction of sp³-hybridized carbons (Fsp3) is 0.421. The van der Waals surface area contributed by atoms with Gasteiger partial charge in [0.15, 0.2) is 0 Å². The number of carboxylic acids is 1. The number of hydrogen-bond acceptors (Lipinski definition) is 6. The first-order valence-electron chi connectivity index (χ1n) is 9.18. The van der Waals surface area contributed by atoms with Crippen LogP contribution in [0.4, 0.5) is 0 Å². The Hall–Kier alpha value is -3.63. The summed E-state index contributed by atoms with van der Waals surface area (Å²) in [5.41, 5.74) is 0.154. The van der Waals surface area contributed by atoms with E-state index in [0.29, 0.717) is 5.75 Å². The molecule has 11 nitrogen and oxygen atoms in total. The zero-order chi connectivity index (χ0) is 22.3. The van der Waals surface area contributed by atoms with Crippen molar-refractivity contribution in [3.05, 3.63) is 29.8 Å². The molecule has 162 valence electrons. The number of carbonyl (C=O) groups is 5. The number of rotatable bonds is 1. The number of nitrogens with zero attached hydrogens (tertiary/aromatic N) is 2. The second-order valence-corrected chi connectivity index (χ2v) is 6.79. The Morgan fingerprint density at radius 1 is 1.10 bits per heavy atom. The monoisotopic (exact) mass is 420 g/mol. The lowest BCUT2D eigenvalue weighted by atomic mass is 10.1. The number of fused-ring (bicyclic) bond motifs is 2. The maximum absolute atomic E-state index is 12.4. The van der Waals surface area contributed by atoms with Crippen LogP contribution in [0.3, 0.4) is 0 Å². The quantitative estimate of drug-likeness (QED) is 0.511. The van der Waals surface area contributed by atoms with Crippen LogP contribution in [-0.2, 0) is 19.2 Å². The van der Waals surface area contributed by atoms with Gasteiger partial charge < -0.3 is 30.3 Å². The lowest BCUT2D eigenvalue weighted by Crippen LogP contribution is -2.47.